The fraction of sp³-hybridized carbons (Fsp3) is 0.784. The van der Waals surface area contributed by atoms with Gasteiger partial charge in [-0.15, -0.1) is 0 Å². The summed E-state index contributed by atoms with van der Waals surface area (Å²) >= 11 is 0. The van der Waals surface area contributed by atoms with Gasteiger partial charge in [0, 0.05) is 5.41 Å². The van der Waals surface area contributed by atoms with E-state index in [4.69, 9.17) is 4.74 Å². The molecular formula is C37H58O2. The molecule has 4 saturated carbocycles. The molecule has 9 unspecified atom stereocenters. The lowest BCUT2D eigenvalue weighted by atomic mass is 9.34. The van der Waals surface area contributed by atoms with Crippen molar-refractivity contribution in [3.05, 3.63) is 48.1 Å². The monoisotopic (exact) mass is 534 g/mol. The summed E-state index contributed by atoms with van der Waals surface area (Å²) in [5.74, 6) is 2.40. The zero-order valence-corrected chi connectivity index (χ0v) is 26.5. The third-order valence-electron chi connectivity index (χ3n) is 13.8. The Morgan fingerprint density at radius 3 is 2.46 bits per heavy atom. The first-order valence-corrected chi connectivity index (χ1v) is 16.2. The summed E-state index contributed by atoms with van der Waals surface area (Å²) in [6, 6.07) is 0. The standard InChI is InChI=1S/C37H58O2/c1-10-12-26(13-11-2)24-39-32-23-33(4,5)22-29-28-14-15-31-34(6)18-17-30(38)25(3)27(34)16-19-37(31,9)36(28,8)21-20-35(29,32)7/h10-14,25,27,29-32,38H,1,15-24H2,2-9H3/b13-11-,26-12+/t25?,27?,29?,30?,31?,32?,34?,35?,36-,37?/m1/s1. The predicted octanol–water partition coefficient (Wildman–Crippen LogP) is 9.46. The number of hydrogen-bond donors (Lipinski definition) is 1. The molecule has 0 amide bonds. The van der Waals surface area contributed by atoms with Gasteiger partial charge >= 0.3 is 0 Å². The van der Waals surface area contributed by atoms with Crippen molar-refractivity contribution >= 4 is 0 Å². The molecule has 0 heterocycles. The van der Waals surface area contributed by atoms with Crippen molar-refractivity contribution in [2.75, 3.05) is 6.61 Å². The second-order valence-electron chi connectivity index (χ2n) is 16.2. The van der Waals surface area contributed by atoms with Gasteiger partial charge in [0.15, 0.2) is 0 Å². The van der Waals surface area contributed by atoms with Gasteiger partial charge in [-0.2, -0.15) is 0 Å². The van der Waals surface area contributed by atoms with Crippen LogP contribution in [0.5, 0.6) is 0 Å². The summed E-state index contributed by atoms with van der Waals surface area (Å²) in [6.45, 7) is 24.5. The Labute approximate surface area is 240 Å². The van der Waals surface area contributed by atoms with E-state index in [0.717, 1.165) is 12.8 Å². The largest absolute Gasteiger partial charge is 0.393 e. The van der Waals surface area contributed by atoms with Crippen LogP contribution in [0.2, 0.25) is 0 Å². The quantitative estimate of drug-likeness (QED) is 0.281. The number of hydrogen-bond acceptors (Lipinski definition) is 2. The highest BCUT2D eigenvalue weighted by atomic mass is 16.5. The molecule has 2 nitrogen and oxygen atoms in total. The Hall–Kier alpha value is -1.12. The molecule has 0 radical (unpaired) electrons. The number of aliphatic hydroxyl groups excluding tert-OH is 1. The van der Waals surface area contributed by atoms with Crippen LogP contribution in [0.4, 0.5) is 0 Å². The normalized spacial score (nSPS) is 49.4. The van der Waals surface area contributed by atoms with Gasteiger partial charge in [0.05, 0.1) is 18.8 Å². The Morgan fingerprint density at radius 2 is 1.77 bits per heavy atom. The maximum atomic E-state index is 10.8. The minimum absolute atomic E-state index is 0.107. The molecule has 4 fully saturated rings. The maximum Gasteiger partial charge on any atom is 0.0720 e. The molecule has 39 heavy (non-hydrogen) atoms. The van der Waals surface area contributed by atoms with Crippen molar-refractivity contribution in [3.8, 4) is 0 Å². The van der Waals surface area contributed by atoms with E-state index in [9.17, 15) is 5.11 Å². The van der Waals surface area contributed by atoms with Gasteiger partial charge in [-0.05, 0) is 116 Å². The topological polar surface area (TPSA) is 29.5 Å². The van der Waals surface area contributed by atoms with E-state index >= 15 is 0 Å². The lowest BCUT2D eigenvalue weighted by Crippen LogP contribution is -2.64. The molecule has 1 N–H and O–H groups in total. The van der Waals surface area contributed by atoms with E-state index in [1.165, 1.54) is 50.5 Å². The van der Waals surface area contributed by atoms with Crippen molar-refractivity contribution in [1.82, 2.24) is 0 Å². The minimum Gasteiger partial charge on any atom is -0.393 e. The highest BCUT2D eigenvalue weighted by Crippen LogP contribution is 2.74. The molecule has 0 aromatic carbocycles. The average molecular weight is 535 g/mol. The molecule has 0 aliphatic heterocycles. The van der Waals surface area contributed by atoms with Crippen LogP contribution in [0, 0.1) is 50.7 Å². The zero-order valence-electron chi connectivity index (χ0n) is 26.5. The molecule has 0 saturated heterocycles. The lowest BCUT2D eigenvalue weighted by Gasteiger charge is -2.70. The average Bonchev–Trinajstić information content (AvgIpc) is 2.86. The maximum absolute atomic E-state index is 10.8. The first kappa shape index (κ1) is 29.4. The minimum atomic E-state index is -0.107. The van der Waals surface area contributed by atoms with Crippen LogP contribution in [0.15, 0.2) is 48.1 Å². The first-order chi connectivity index (χ1) is 18.3. The zero-order chi connectivity index (χ0) is 28.4. The van der Waals surface area contributed by atoms with E-state index in [1.807, 2.05) is 6.08 Å². The van der Waals surface area contributed by atoms with Crippen LogP contribution >= 0.6 is 0 Å². The van der Waals surface area contributed by atoms with Crippen LogP contribution in [-0.2, 0) is 4.74 Å². The van der Waals surface area contributed by atoms with Gasteiger partial charge in [-0.3, -0.25) is 0 Å². The van der Waals surface area contributed by atoms with Crippen LogP contribution in [0.25, 0.3) is 0 Å². The Balaban J connectivity index is 1.49. The molecule has 10 atom stereocenters. The lowest BCUT2D eigenvalue weighted by molar-refractivity contribution is -0.191. The SMILES string of the molecule is C=C/C=C(\C=C/C)COC1CC(C)(C)CC2C3=CCC4C5(C)CCC(O)C(C)C5CCC4(C)[C@]3(C)CCC12C. The summed E-state index contributed by atoms with van der Waals surface area (Å²) < 4.78 is 6.89. The van der Waals surface area contributed by atoms with Crippen molar-refractivity contribution in [1.29, 1.82) is 0 Å². The second-order valence-corrected chi connectivity index (χ2v) is 16.2. The van der Waals surface area contributed by atoms with Crippen LogP contribution in [0.3, 0.4) is 0 Å². The van der Waals surface area contributed by atoms with Gasteiger partial charge in [0.25, 0.3) is 0 Å². The fourth-order valence-electron chi connectivity index (χ4n) is 11.2. The number of allylic oxidation sites excluding steroid dienone is 5. The van der Waals surface area contributed by atoms with Crippen LogP contribution in [-0.4, -0.2) is 23.9 Å². The van der Waals surface area contributed by atoms with Crippen molar-refractivity contribution in [3.63, 3.8) is 0 Å². The van der Waals surface area contributed by atoms with Gasteiger partial charge in [-0.1, -0.05) is 91.0 Å². The number of aliphatic hydroxyl groups is 1. The molecule has 0 aromatic rings. The van der Waals surface area contributed by atoms with Gasteiger partial charge in [-0.25, -0.2) is 0 Å². The van der Waals surface area contributed by atoms with Crippen molar-refractivity contribution < 1.29 is 9.84 Å². The predicted molar refractivity (Wildman–Crippen MR) is 164 cm³/mol. The Morgan fingerprint density at radius 1 is 1.03 bits per heavy atom. The second kappa shape index (κ2) is 10.0. The number of ether oxygens (including phenoxy) is 1. The molecule has 5 aliphatic carbocycles. The molecule has 5 aliphatic rings. The molecule has 0 bridgehead atoms. The molecule has 218 valence electrons. The highest BCUT2D eigenvalue weighted by molar-refractivity contribution is 5.34. The molecule has 0 spiro atoms. The molecule has 0 aromatic heterocycles. The van der Waals surface area contributed by atoms with Gasteiger partial charge in [0.1, 0.15) is 0 Å². The number of rotatable bonds is 5. The van der Waals surface area contributed by atoms with E-state index in [0.29, 0.717) is 41.1 Å². The summed E-state index contributed by atoms with van der Waals surface area (Å²) in [6.07, 6.45) is 22.1. The summed E-state index contributed by atoms with van der Waals surface area (Å²) in [7, 11) is 0. The summed E-state index contributed by atoms with van der Waals surface area (Å²) in [4.78, 5) is 0. The molecular weight excluding hydrogens is 476 g/mol. The fourth-order valence-corrected chi connectivity index (χ4v) is 11.2. The molecule has 2 heteroatoms. The molecule has 5 rings (SSSR count). The van der Waals surface area contributed by atoms with Crippen molar-refractivity contribution in [2.24, 2.45) is 50.7 Å². The summed E-state index contributed by atoms with van der Waals surface area (Å²) in [5.41, 5.74) is 4.38. The third-order valence-corrected chi connectivity index (χ3v) is 13.8. The Bertz CT molecular complexity index is 1050. The highest BCUT2D eigenvalue weighted by Gasteiger charge is 2.67. The van der Waals surface area contributed by atoms with E-state index in [2.05, 4.69) is 86.3 Å². The third kappa shape index (κ3) is 4.41. The summed E-state index contributed by atoms with van der Waals surface area (Å²) in [5, 5.41) is 10.8. The van der Waals surface area contributed by atoms with Gasteiger partial charge < -0.3 is 9.84 Å². The van der Waals surface area contributed by atoms with Crippen LogP contribution < -0.4 is 0 Å². The van der Waals surface area contributed by atoms with E-state index < -0.39 is 0 Å². The van der Waals surface area contributed by atoms with E-state index in [1.54, 1.807) is 5.57 Å². The van der Waals surface area contributed by atoms with E-state index in [-0.39, 0.29) is 28.5 Å². The smallest absolute Gasteiger partial charge is 0.0720 e. The van der Waals surface area contributed by atoms with Crippen LogP contribution in [0.1, 0.15) is 113 Å². The Kier molecular flexibility index (Phi) is 7.54. The first-order valence-electron chi connectivity index (χ1n) is 16.2. The van der Waals surface area contributed by atoms with Gasteiger partial charge in [0.2, 0.25) is 0 Å². The number of fused-ring (bicyclic) bond motifs is 7. The van der Waals surface area contributed by atoms with Crippen molar-refractivity contribution in [2.45, 2.75) is 125 Å².